The Labute approximate surface area is 108 Å². The van der Waals surface area contributed by atoms with Crippen LogP contribution in [0.25, 0.3) is 20.8 Å². The molecule has 0 bridgehead atoms. The van der Waals surface area contributed by atoms with E-state index >= 15 is 0 Å². The fraction of sp³-hybridized carbons (Fsp3) is 0.0769. The first-order chi connectivity index (χ1) is 8.36. The number of hydrogen-bond acceptors (Lipinski definition) is 4. The first-order valence-corrected chi connectivity index (χ1v) is 7.27. The molecule has 0 aliphatic rings. The Bertz CT molecular complexity index is 611. The molecule has 4 heteroatoms. The summed E-state index contributed by atoms with van der Waals surface area (Å²) in [5.74, 6) is 0. The van der Waals surface area contributed by atoms with Crippen LogP contribution in [0.4, 0.5) is 0 Å². The zero-order chi connectivity index (χ0) is 11.7. The average molecular weight is 258 g/mol. The minimum Gasteiger partial charge on any atom is -0.249 e. The van der Waals surface area contributed by atoms with Gasteiger partial charge >= 0.3 is 0 Å². The highest BCUT2D eigenvalue weighted by Crippen LogP contribution is 2.29. The number of thiazole rings is 1. The predicted octanol–water partition coefficient (Wildman–Crippen LogP) is 4.08. The molecule has 0 spiro atoms. The minimum absolute atomic E-state index is 1.03. The number of benzene rings is 1. The third-order valence-corrected chi connectivity index (χ3v) is 4.23. The van der Waals surface area contributed by atoms with E-state index in [-0.39, 0.29) is 0 Å². The first-order valence-electron chi connectivity index (χ1n) is 5.23. The fourth-order valence-corrected chi connectivity index (χ4v) is 2.94. The molecule has 0 aliphatic heterocycles. The molecule has 3 aromatic rings. The number of aromatic nitrogens is 2. The summed E-state index contributed by atoms with van der Waals surface area (Å²) in [6, 6.07) is 12.3. The standard InChI is InChI=1S/C13H10N2S2/c1-16-12-7-6-9(8-14-12)13-15-10-4-2-3-5-11(10)17-13/h2-8H,1H3. The van der Waals surface area contributed by atoms with Crippen LogP contribution in [0.5, 0.6) is 0 Å². The van der Waals surface area contributed by atoms with Gasteiger partial charge in [0.25, 0.3) is 0 Å². The lowest BCUT2D eigenvalue weighted by atomic mass is 10.3. The van der Waals surface area contributed by atoms with Crippen molar-refractivity contribution in [1.82, 2.24) is 9.97 Å². The number of hydrogen-bond donors (Lipinski definition) is 0. The molecular formula is C13H10N2S2. The summed E-state index contributed by atoms with van der Waals surface area (Å²) < 4.78 is 1.22. The second-order valence-corrected chi connectivity index (χ2v) is 5.43. The van der Waals surface area contributed by atoms with E-state index in [0.717, 1.165) is 21.1 Å². The lowest BCUT2D eigenvalue weighted by molar-refractivity contribution is 1.14. The van der Waals surface area contributed by atoms with Crippen molar-refractivity contribution < 1.29 is 0 Å². The molecule has 84 valence electrons. The van der Waals surface area contributed by atoms with Gasteiger partial charge in [0.1, 0.15) is 5.01 Å². The molecule has 0 N–H and O–H groups in total. The average Bonchev–Trinajstić information content (AvgIpc) is 2.82. The number of fused-ring (bicyclic) bond motifs is 1. The molecule has 0 amide bonds. The number of rotatable bonds is 2. The molecule has 2 heterocycles. The Morgan fingerprint density at radius 1 is 1.12 bits per heavy atom. The molecule has 0 saturated heterocycles. The van der Waals surface area contributed by atoms with E-state index < -0.39 is 0 Å². The highest BCUT2D eigenvalue weighted by Gasteiger charge is 2.05. The molecular weight excluding hydrogens is 248 g/mol. The maximum atomic E-state index is 4.61. The first kappa shape index (κ1) is 10.7. The number of thioether (sulfide) groups is 1. The zero-order valence-electron chi connectivity index (χ0n) is 9.25. The molecule has 0 unspecified atom stereocenters. The van der Waals surface area contributed by atoms with Crippen LogP contribution in [0.3, 0.4) is 0 Å². The lowest BCUT2D eigenvalue weighted by Crippen LogP contribution is -1.80. The van der Waals surface area contributed by atoms with Gasteiger partial charge in [-0.05, 0) is 30.5 Å². The Morgan fingerprint density at radius 2 is 2.00 bits per heavy atom. The Kier molecular flexibility index (Phi) is 2.82. The van der Waals surface area contributed by atoms with Crippen molar-refractivity contribution >= 4 is 33.3 Å². The maximum Gasteiger partial charge on any atom is 0.126 e. The van der Waals surface area contributed by atoms with E-state index in [0.29, 0.717) is 0 Å². The summed E-state index contributed by atoms with van der Waals surface area (Å²) >= 11 is 3.36. The Morgan fingerprint density at radius 3 is 2.71 bits per heavy atom. The summed E-state index contributed by atoms with van der Waals surface area (Å²) in [7, 11) is 0. The van der Waals surface area contributed by atoms with Crippen LogP contribution in [-0.4, -0.2) is 16.2 Å². The third-order valence-electron chi connectivity index (χ3n) is 2.49. The van der Waals surface area contributed by atoms with Gasteiger partial charge in [-0.25, -0.2) is 9.97 Å². The van der Waals surface area contributed by atoms with Crippen molar-refractivity contribution in [1.29, 1.82) is 0 Å². The van der Waals surface area contributed by atoms with Crippen molar-refractivity contribution in [2.24, 2.45) is 0 Å². The largest absolute Gasteiger partial charge is 0.249 e. The Hall–Kier alpha value is -1.39. The molecule has 2 aromatic heterocycles. The van der Waals surface area contributed by atoms with Gasteiger partial charge < -0.3 is 0 Å². The van der Waals surface area contributed by atoms with Crippen molar-refractivity contribution in [3.63, 3.8) is 0 Å². The summed E-state index contributed by atoms with van der Waals surface area (Å²) in [6.45, 7) is 0. The second kappa shape index (κ2) is 4.47. The normalized spacial score (nSPS) is 10.9. The highest BCUT2D eigenvalue weighted by molar-refractivity contribution is 7.98. The maximum absolute atomic E-state index is 4.61. The van der Waals surface area contributed by atoms with Crippen molar-refractivity contribution in [3.05, 3.63) is 42.6 Å². The smallest absolute Gasteiger partial charge is 0.126 e. The lowest BCUT2D eigenvalue weighted by Gasteiger charge is -1.97. The summed E-state index contributed by atoms with van der Waals surface area (Å²) in [5, 5.41) is 2.07. The van der Waals surface area contributed by atoms with E-state index in [1.165, 1.54) is 4.70 Å². The van der Waals surface area contributed by atoms with E-state index in [2.05, 4.69) is 22.1 Å². The van der Waals surface area contributed by atoms with Gasteiger partial charge in [-0.1, -0.05) is 12.1 Å². The number of nitrogens with zero attached hydrogens (tertiary/aromatic N) is 2. The number of para-hydroxylation sites is 1. The minimum atomic E-state index is 1.03. The molecule has 0 radical (unpaired) electrons. The van der Waals surface area contributed by atoms with Crippen LogP contribution in [-0.2, 0) is 0 Å². The van der Waals surface area contributed by atoms with Crippen LogP contribution in [0.1, 0.15) is 0 Å². The SMILES string of the molecule is CSc1ccc(-c2nc3ccccc3s2)cn1. The van der Waals surface area contributed by atoms with Crippen LogP contribution in [0, 0.1) is 0 Å². The molecule has 0 atom stereocenters. The van der Waals surface area contributed by atoms with Gasteiger partial charge in [0.05, 0.1) is 15.2 Å². The molecule has 2 nitrogen and oxygen atoms in total. The monoisotopic (exact) mass is 258 g/mol. The van der Waals surface area contributed by atoms with Gasteiger partial charge in [-0.15, -0.1) is 23.1 Å². The quantitative estimate of drug-likeness (QED) is 0.648. The van der Waals surface area contributed by atoms with Crippen molar-refractivity contribution in [2.45, 2.75) is 5.03 Å². The summed E-state index contributed by atoms with van der Waals surface area (Å²) in [6.07, 6.45) is 3.92. The molecule has 0 fully saturated rings. The van der Waals surface area contributed by atoms with Crippen LogP contribution in [0.2, 0.25) is 0 Å². The van der Waals surface area contributed by atoms with Gasteiger partial charge in [0.15, 0.2) is 0 Å². The predicted molar refractivity (Wildman–Crippen MR) is 74.6 cm³/mol. The van der Waals surface area contributed by atoms with Gasteiger partial charge in [0, 0.05) is 11.8 Å². The van der Waals surface area contributed by atoms with Crippen LogP contribution in [0.15, 0.2) is 47.6 Å². The molecule has 1 aromatic carbocycles. The fourth-order valence-electron chi connectivity index (χ4n) is 1.62. The Balaban J connectivity index is 2.07. The van der Waals surface area contributed by atoms with Crippen LogP contribution < -0.4 is 0 Å². The highest BCUT2D eigenvalue weighted by atomic mass is 32.2. The third kappa shape index (κ3) is 2.06. The summed E-state index contributed by atoms with van der Waals surface area (Å²) in [4.78, 5) is 8.98. The van der Waals surface area contributed by atoms with Crippen molar-refractivity contribution in [2.75, 3.05) is 6.26 Å². The van der Waals surface area contributed by atoms with Crippen molar-refractivity contribution in [3.8, 4) is 10.6 Å². The van der Waals surface area contributed by atoms with E-state index in [1.54, 1.807) is 23.1 Å². The van der Waals surface area contributed by atoms with Crippen LogP contribution >= 0.6 is 23.1 Å². The molecule has 17 heavy (non-hydrogen) atoms. The van der Waals surface area contributed by atoms with E-state index in [9.17, 15) is 0 Å². The second-order valence-electron chi connectivity index (χ2n) is 3.58. The number of pyridine rings is 1. The van der Waals surface area contributed by atoms with Gasteiger partial charge in [-0.2, -0.15) is 0 Å². The zero-order valence-corrected chi connectivity index (χ0v) is 10.9. The van der Waals surface area contributed by atoms with E-state index in [4.69, 9.17) is 0 Å². The molecule has 0 saturated carbocycles. The van der Waals surface area contributed by atoms with Gasteiger partial charge in [-0.3, -0.25) is 0 Å². The topological polar surface area (TPSA) is 25.8 Å². The molecule has 0 aliphatic carbocycles. The van der Waals surface area contributed by atoms with E-state index in [1.807, 2.05) is 36.7 Å². The summed E-state index contributed by atoms with van der Waals surface area (Å²) in [5.41, 5.74) is 2.14. The molecule has 3 rings (SSSR count). The van der Waals surface area contributed by atoms with Gasteiger partial charge in [0.2, 0.25) is 0 Å².